The first-order valence-electron chi connectivity index (χ1n) is 8.14. The second-order valence-electron chi connectivity index (χ2n) is 6.27. The Balaban J connectivity index is 1.84. The SMILES string of the molecule is O=C1C[C@@H](c2ccc(F)cc2Cl)c2scc(S(=O)(=O)c3ccc(Cl)cc3)c2N1. The average Bonchev–Trinajstić information content (AvgIpc) is 3.06. The van der Waals surface area contributed by atoms with E-state index in [-0.39, 0.29) is 32.8 Å². The quantitative estimate of drug-likeness (QED) is 0.566. The molecule has 0 fully saturated rings. The third-order valence-corrected chi connectivity index (χ3v) is 8.13. The van der Waals surface area contributed by atoms with Crippen molar-refractivity contribution in [3.05, 3.63) is 74.1 Å². The smallest absolute Gasteiger partial charge is 0.225 e. The molecule has 28 heavy (non-hydrogen) atoms. The van der Waals surface area contributed by atoms with E-state index in [0.29, 0.717) is 15.5 Å². The van der Waals surface area contributed by atoms with Gasteiger partial charge in [0.1, 0.15) is 10.7 Å². The van der Waals surface area contributed by atoms with Crippen molar-refractivity contribution in [2.75, 3.05) is 5.32 Å². The van der Waals surface area contributed by atoms with E-state index in [1.807, 2.05) is 0 Å². The van der Waals surface area contributed by atoms with Crippen LogP contribution in [0.4, 0.5) is 10.1 Å². The van der Waals surface area contributed by atoms with Gasteiger partial charge >= 0.3 is 0 Å². The highest BCUT2D eigenvalue weighted by atomic mass is 35.5. The molecule has 4 nitrogen and oxygen atoms in total. The van der Waals surface area contributed by atoms with Crippen molar-refractivity contribution in [1.82, 2.24) is 0 Å². The van der Waals surface area contributed by atoms with E-state index in [1.165, 1.54) is 59.2 Å². The Morgan fingerprint density at radius 1 is 1.11 bits per heavy atom. The van der Waals surface area contributed by atoms with Gasteiger partial charge in [-0.25, -0.2) is 12.8 Å². The monoisotopic (exact) mass is 455 g/mol. The topological polar surface area (TPSA) is 63.2 Å². The van der Waals surface area contributed by atoms with Crippen LogP contribution in [-0.4, -0.2) is 14.3 Å². The van der Waals surface area contributed by atoms with Crippen LogP contribution in [-0.2, 0) is 14.6 Å². The van der Waals surface area contributed by atoms with Crippen LogP contribution in [0.3, 0.4) is 0 Å². The molecule has 0 radical (unpaired) electrons. The molecule has 1 aromatic heterocycles. The predicted octanol–water partition coefficient (Wildman–Crippen LogP) is 5.50. The summed E-state index contributed by atoms with van der Waals surface area (Å²) < 4.78 is 39.6. The fraction of sp³-hybridized carbons (Fsp3) is 0.105. The Labute approximate surface area is 174 Å². The summed E-state index contributed by atoms with van der Waals surface area (Å²) in [5.74, 6) is -1.26. The van der Waals surface area contributed by atoms with Crippen molar-refractivity contribution in [2.24, 2.45) is 0 Å². The van der Waals surface area contributed by atoms with Crippen LogP contribution in [0.2, 0.25) is 10.0 Å². The van der Waals surface area contributed by atoms with Crippen molar-refractivity contribution in [3.8, 4) is 0 Å². The van der Waals surface area contributed by atoms with Crippen LogP contribution < -0.4 is 5.32 Å². The molecular formula is C19H12Cl2FNO3S2. The molecule has 0 bridgehead atoms. The first-order chi connectivity index (χ1) is 13.3. The Hall–Kier alpha value is -1.93. The molecule has 144 valence electrons. The first-order valence-corrected chi connectivity index (χ1v) is 11.3. The van der Waals surface area contributed by atoms with Gasteiger partial charge in [-0.2, -0.15) is 0 Å². The van der Waals surface area contributed by atoms with Crippen LogP contribution in [0, 0.1) is 5.82 Å². The molecule has 3 aromatic rings. The number of anilines is 1. The van der Waals surface area contributed by atoms with Crippen molar-refractivity contribution in [2.45, 2.75) is 22.1 Å². The maximum Gasteiger partial charge on any atom is 0.225 e. The van der Waals surface area contributed by atoms with Crippen molar-refractivity contribution in [3.63, 3.8) is 0 Å². The van der Waals surface area contributed by atoms with Gasteiger partial charge in [-0.3, -0.25) is 4.79 Å². The molecule has 1 N–H and O–H groups in total. The maximum atomic E-state index is 13.4. The van der Waals surface area contributed by atoms with E-state index in [2.05, 4.69) is 5.32 Å². The molecule has 2 aromatic carbocycles. The van der Waals surface area contributed by atoms with Crippen LogP contribution in [0.1, 0.15) is 22.8 Å². The van der Waals surface area contributed by atoms with Crippen molar-refractivity contribution in [1.29, 1.82) is 0 Å². The van der Waals surface area contributed by atoms with E-state index < -0.39 is 21.6 Å². The number of carbonyl (C=O) groups is 1. The van der Waals surface area contributed by atoms with Crippen LogP contribution in [0.5, 0.6) is 0 Å². The molecule has 1 amide bonds. The lowest BCUT2D eigenvalue weighted by atomic mass is 9.90. The molecule has 2 heterocycles. The van der Waals surface area contributed by atoms with E-state index in [0.717, 1.165) is 0 Å². The van der Waals surface area contributed by atoms with E-state index in [4.69, 9.17) is 23.2 Å². The number of fused-ring (bicyclic) bond motifs is 1. The van der Waals surface area contributed by atoms with E-state index in [9.17, 15) is 17.6 Å². The molecule has 4 rings (SSSR count). The van der Waals surface area contributed by atoms with E-state index in [1.54, 1.807) is 0 Å². The predicted molar refractivity (Wildman–Crippen MR) is 108 cm³/mol. The van der Waals surface area contributed by atoms with Crippen LogP contribution in [0.15, 0.2) is 57.6 Å². The van der Waals surface area contributed by atoms with Gasteiger partial charge in [-0.05, 0) is 42.0 Å². The highest BCUT2D eigenvalue weighted by molar-refractivity contribution is 7.91. The molecule has 1 aliphatic heterocycles. The average molecular weight is 456 g/mol. The summed E-state index contributed by atoms with van der Waals surface area (Å²) in [6.45, 7) is 0. The largest absolute Gasteiger partial charge is 0.324 e. The zero-order chi connectivity index (χ0) is 20.1. The second kappa shape index (κ2) is 7.15. The molecule has 1 atom stereocenters. The molecule has 0 aliphatic carbocycles. The summed E-state index contributed by atoms with van der Waals surface area (Å²) in [5.41, 5.74) is 0.832. The van der Waals surface area contributed by atoms with Gasteiger partial charge in [0.05, 0.1) is 10.6 Å². The minimum Gasteiger partial charge on any atom is -0.324 e. The van der Waals surface area contributed by atoms with Crippen molar-refractivity contribution < 1.29 is 17.6 Å². The van der Waals surface area contributed by atoms with Crippen LogP contribution in [0.25, 0.3) is 0 Å². The summed E-state index contributed by atoms with van der Waals surface area (Å²) in [5, 5.41) is 4.80. The van der Waals surface area contributed by atoms with Crippen molar-refractivity contribution >= 4 is 56.0 Å². The Morgan fingerprint density at radius 2 is 1.82 bits per heavy atom. The zero-order valence-electron chi connectivity index (χ0n) is 14.1. The number of halogens is 3. The summed E-state index contributed by atoms with van der Waals surface area (Å²) in [4.78, 5) is 13.1. The van der Waals surface area contributed by atoms with Gasteiger partial charge in [0.25, 0.3) is 0 Å². The number of hydrogen-bond acceptors (Lipinski definition) is 4. The number of thiophene rings is 1. The molecule has 0 unspecified atom stereocenters. The number of rotatable bonds is 3. The lowest BCUT2D eigenvalue weighted by molar-refractivity contribution is -0.116. The number of amides is 1. The standard InChI is InChI=1S/C19H12Cl2FNO3S2/c20-10-1-4-12(5-2-10)28(25,26)16-9-27-19-14(8-17(24)23-18(16)19)13-6-3-11(22)7-15(13)21/h1-7,9,14H,8H2,(H,23,24)/t14-/m0/s1. The normalized spacial score (nSPS) is 16.5. The third-order valence-electron chi connectivity index (χ3n) is 4.51. The number of hydrogen-bond donors (Lipinski definition) is 1. The van der Waals surface area contributed by atoms with Gasteiger partial charge in [0, 0.05) is 32.6 Å². The van der Waals surface area contributed by atoms with Crippen LogP contribution >= 0.6 is 34.5 Å². The number of carbonyl (C=O) groups excluding carboxylic acids is 1. The summed E-state index contributed by atoms with van der Waals surface area (Å²) in [6.07, 6.45) is 0.0965. The molecule has 1 aliphatic rings. The first kappa shape index (κ1) is 19.4. The lowest BCUT2D eigenvalue weighted by Gasteiger charge is -2.24. The third kappa shape index (κ3) is 3.33. The molecule has 0 saturated heterocycles. The summed E-state index contributed by atoms with van der Waals surface area (Å²) in [6, 6.07) is 9.80. The van der Waals surface area contributed by atoms with Gasteiger partial charge in [0.15, 0.2) is 0 Å². The molecule has 9 heteroatoms. The number of benzene rings is 2. The number of sulfone groups is 1. The summed E-state index contributed by atoms with van der Waals surface area (Å²) in [7, 11) is -3.86. The minimum atomic E-state index is -3.86. The van der Waals surface area contributed by atoms with Gasteiger partial charge in [-0.15, -0.1) is 11.3 Å². The lowest BCUT2D eigenvalue weighted by Crippen LogP contribution is -2.23. The maximum absolute atomic E-state index is 13.4. The molecule has 0 spiro atoms. The Kier molecular flexibility index (Phi) is 4.95. The highest BCUT2D eigenvalue weighted by Gasteiger charge is 2.35. The highest BCUT2D eigenvalue weighted by Crippen LogP contribution is 2.47. The van der Waals surface area contributed by atoms with Gasteiger partial charge in [0.2, 0.25) is 15.7 Å². The number of nitrogens with one attached hydrogen (secondary N) is 1. The molecule has 0 saturated carbocycles. The fourth-order valence-corrected chi connectivity index (χ4v) is 6.50. The Bertz CT molecular complexity index is 1190. The van der Waals surface area contributed by atoms with Gasteiger partial charge in [-0.1, -0.05) is 29.3 Å². The van der Waals surface area contributed by atoms with E-state index >= 15 is 0 Å². The second-order valence-corrected chi connectivity index (χ2v) is 9.94. The minimum absolute atomic E-state index is 0.0195. The summed E-state index contributed by atoms with van der Waals surface area (Å²) >= 11 is 13.3. The Morgan fingerprint density at radius 3 is 2.50 bits per heavy atom. The molecular weight excluding hydrogens is 444 g/mol. The zero-order valence-corrected chi connectivity index (χ0v) is 17.2. The van der Waals surface area contributed by atoms with Gasteiger partial charge < -0.3 is 5.32 Å². The fourth-order valence-electron chi connectivity index (χ4n) is 3.18.